The number of hydrogen-bond acceptors (Lipinski definition) is 2. The predicted molar refractivity (Wildman–Crippen MR) is 76.1 cm³/mol. The second-order valence-corrected chi connectivity index (χ2v) is 4.59. The third-order valence-corrected chi connectivity index (χ3v) is 2.77. The maximum absolute atomic E-state index is 11.9. The molecule has 0 fully saturated rings. The van der Waals surface area contributed by atoms with Crippen LogP contribution in [-0.2, 0) is 11.3 Å². The van der Waals surface area contributed by atoms with Crippen molar-refractivity contribution in [3.8, 4) is 12.3 Å². The van der Waals surface area contributed by atoms with Crippen LogP contribution in [0.4, 0.5) is 4.79 Å². The van der Waals surface area contributed by atoms with Crippen LogP contribution in [0.1, 0.15) is 17.5 Å². The van der Waals surface area contributed by atoms with Crippen molar-refractivity contribution in [2.45, 2.75) is 25.9 Å². The first-order valence-corrected chi connectivity index (χ1v) is 6.17. The number of hydrogen-bond donors (Lipinski definition) is 2. The zero-order valence-corrected chi connectivity index (χ0v) is 11.6. The van der Waals surface area contributed by atoms with Gasteiger partial charge in [0, 0.05) is 20.0 Å². The van der Waals surface area contributed by atoms with Crippen molar-refractivity contribution in [3.63, 3.8) is 0 Å². The van der Waals surface area contributed by atoms with Gasteiger partial charge >= 0.3 is 12.0 Å². The van der Waals surface area contributed by atoms with Crippen LogP contribution in [0.5, 0.6) is 0 Å². The summed E-state index contributed by atoms with van der Waals surface area (Å²) in [6, 6.07) is 6.24. The van der Waals surface area contributed by atoms with E-state index >= 15 is 0 Å². The number of aryl methyl sites for hydroxylation is 1. The number of amides is 2. The number of carboxylic acid groups (broad SMARTS) is 1. The predicted octanol–water partition coefficient (Wildman–Crippen LogP) is 1.61. The zero-order chi connectivity index (χ0) is 15.1. The van der Waals surface area contributed by atoms with Crippen LogP contribution in [0.2, 0.25) is 0 Å². The normalized spacial score (nSPS) is 11.2. The molecule has 0 aromatic heterocycles. The third kappa shape index (κ3) is 4.65. The van der Waals surface area contributed by atoms with Crippen LogP contribution in [0.3, 0.4) is 0 Å². The van der Waals surface area contributed by atoms with Gasteiger partial charge in [0.1, 0.15) is 6.04 Å². The Morgan fingerprint density at radius 3 is 2.75 bits per heavy atom. The highest BCUT2D eigenvalue weighted by atomic mass is 16.4. The van der Waals surface area contributed by atoms with Gasteiger partial charge in [-0.15, -0.1) is 12.3 Å². The fourth-order valence-corrected chi connectivity index (χ4v) is 1.73. The molecule has 2 amide bonds. The number of carbonyl (C=O) groups excluding carboxylic acids is 1. The van der Waals surface area contributed by atoms with Gasteiger partial charge in [0.05, 0.1) is 0 Å². The van der Waals surface area contributed by atoms with Gasteiger partial charge in [-0.2, -0.15) is 0 Å². The monoisotopic (exact) mass is 274 g/mol. The molecular weight excluding hydrogens is 256 g/mol. The van der Waals surface area contributed by atoms with Crippen molar-refractivity contribution >= 4 is 12.0 Å². The van der Waals surface area contributed by atoms with Crippen LogP contribution in [-0.4, -0.2) is 35.1 Å². The number of urea groups is 1. The lowest BCUT2D eigenvalue weighted by molar-refractivity contribution is -0.139. The van der Waals surface area contributed by atoms with Gasteiger partial charge in [0.15, 0.2) is 0 Å². The van der Waals surface area contributed by atoms with Crippen LogP contribution in [0.15, 0.2) is 24.3 Å². The standard InChI is InChI=1S/C15H18N2O3/c1-4-6-13(14(18)19)16-15(20)17(3)10-12-8-5-7-11(2)9-12/h1,5,7-9,13H,6,10H2,2-3H3,(H,16,20)(H,18,19). The average Bonchev–Trinajstić information content (AvgIpc) is 2.37. The molecule has 0 saturated carbocycles. The van der Waals surface area contributed by atoms with E-state index in [9.17, 15) is 9.59 Å². The van der Waals surface area contributed by atoms with E-state index in [0.717, 1.165) is 11.1 Å². The minimum atomic E-state index is -1.14. The molecule has 1 atom stereocenters. The van der Waals surface area contributed by atoms with Crippen molar-refractivity contribution < 1.29 is 14.7 Å². The van der Waals surface area contributed by atoms with Crippen LogP contribution in [0.25, 0.3) is 0 Å². The minimum Gasteiger partial charge on any atom is -0.480 e. The highest BCUT2D eigenvalue weighted by Gasteiger charge is 2.20. The SMILES string of the molecule is C#CCC(NC(=O)N(C)Cc1cccc(C)c1)C(=O)O. The van der Waals surface area contributed by atoms with Gasteiger partial charge in [-0.3, -0.25) is 0 Å². The number of carbonyl (C=O) groups is 2. The molecule has 20 heavy (non-hydrogen) atoms. The van der Waals surface area contributed by atoms with Crippen LogP contribution < -0.4 is 5.32 Å². The molecule has 2 N–H and O–H groups in total. The molecule has 0 aliphatic heterocycles. The molecule has 1 unspecified atom stereocenters. The summed E-state index contributed by atoms with van der Waals surface area (Å²) >= 11 is 0. The van der Waals surface area contributed by atoms with Gasteiger partial charge in [-0.1, -0.05) is 29.8 Å². The summed E-state index contributed by atoms with van der Waals surface area (Å²) in [5.74, 6) is 1.10. The maximum Gasteiger partial charge on any atom is 0.327 e. The summed E-state index contributed by atoms with van der Waals surface area (Å²) in [6.45, 7) is 2.37. The summed E-state index contributed by atoms with van der Waals surface area (Å²) in [5.41, 5.74) is 2.08. The van der Waals surface area contributed by atoms with Crippen LogP contribution in [0, 0.1) is 19.3 Å². The molecule has 0 aliphatic carbocycles. The lowest BCUT2D eigenvalue weighted by atomic mass is 10.1. The van der Waals surface area contributed by atoms with E-state index in [2.05, 4.69) is 11.2 Å². The van der Waals surface area contributed by atoms with Crippen molar-refractivity contribution in [1.29, 1.82) is 0 Å². The van der Waals surface area contributed by atoms with Gasteiger partial charge in [-0.25, -0.2) is 9.59 Å². The molecule has 0 spiro atoms. The van der Waals surface area contributed by atoms with E-state index in [-0.39, 0.29) is 6.42 Å². The number of aliphatic carboxylic acids is 1. The summed E-state index contributed by atoms with van der Waals surface area (Å²) in [5, 5.41) is 11.3. The second kappa shape index (κ2) is 7.19. The zero-order valence-electron chi connectivity index (χ0n) is 11.6. The summed E-state index contributed by atoms with van der Waals surface area (Å²) in [7, 11) is 1.60. The Bertz CT molecular complexity index is 534. The Balaban J connectivity index is 2.63. The Hall–Kier alpha value is -2.48. The first-order valence-electron chi connectivity index (χ1n) is 6.17. The maximum atomic E-state index is 11.9. The van der Waals surface area contributed by atoms with E-state index in [4.69, 9.17) is 11.5 Å². The molecule has 5 heteroatoms. The topological polar surface area (TPSA) is 69.6 Å². The van der Waals surface area contributed by atoms with Crippen LogP contribution >= 0.6 is 0 Å². The van der Waals surface area contributed by atoms with Gasteiger partial charge in [0.25, 0.3) is 0 Å². The molecule has 0 bridgehead atoms. The largest absolute Gasteiger partial charge is 0.480 e. The molecule has 1 aromatic rings. The molecule has 0 heterocycles. The van der Waals surface area contributed by atoms with E-state index in [0.29, 0.717) is 6.54 Å². The number of nitrogens with zero attached hydrogens (tertiary/aromatic N) is 1. The molecule has 0 aliphatic rings. The Morgan fingerprint density at radius 1 is 1.50 bits per heavy atom. The molecule has 1 aromatic carbocycles. The summed E-state index contributed by atoms with van der Waals surface area (Å²) in [6.07, 6.45) is 5.04. The molecule has 5 nitrogen and oxygen atoms in total. The first-order chi connectivity index (χ1) is 9.43. The van der Waals surface area contributed by atoms with E-state index in [1.807, 2.05) is 31.2 Å². The minimum absolute atomic E-state index is 0.0423. The molecular formula is C15H18N2O3. The van der Waals surface area contributed by atoms with Crippen molar-refractivity contribution in [3.05, 3.63) is 35.4 Å². The Kier molecular flexibility index (Phi) is 5.60. The van der Waals surface area contributed by atoms with Crippen molar-refractivity contribution in [2.24, 2.45) is 0 Å². The summed E-state index contributed by atoms with van der Waals surface area (Å²) in [4.78, 5) is 24.2. The first kappa shape index (κ1) is 15.6. The number of carboxylic acids is 1. The van der Waals surface area contributed by atoms with E-state index in [1.165, 1.54) is 4.90 Å². The lowest BCUT2D eigenvalue weighted by Crippen LogP contribution is -2.46. The average molecular weight is 274 g/mol. The number of terminal acetylenes is 1. The quantitative estimate of drug-likeness (QED) is 0.801. The van der Waals surface area contributed by atoms with Gasteiger partial charge in [0.2, 0.25) is 0 Å². The van der Waals surface area contributed by atoms with E-state index in [1.54, 1.807) is 7.05 Å². The summed E-state index contributed by atoms with van der Waals surface area (Å²) < 4.78 is 0. The highest BCUT2D eigenvalue weighted by molar-refractivity contribution is 5.82. The fourth-order valence-electron chi connectivity index (χ4n) is 1.73. The van der Waals surface area contributed by atoms with Crippen molar-refractivity contribution in [2.75, 3.05) is 7.05 Å². The molecule has 106 valence electrons. The van der Waals surface area contributed by atoms with Gasteiger partial charge in [-0.05, 0) is 12.5 Å². The fraction of sp³-hybridized carbons (Fsp3) is 0.333. The Morgan fingerprint density at radius 2 is 2.20 bits per heavy atom. The highest BCUT2D eigenvalue weighted by Crippen LogP contribution is 2.07. The smallest absolute Gasteiger partial charge is 0.327 e. The van der Waals surface area contributed by atoms with Crippen molar-refractivity contribution in [1.82, 2.24) is 10.2 Å². The lowest BCUT2D eigenvalue weighted by Gasteiger charge is -2.20. The number of benzene rings is 1. The van der Waals surface area contributed by atoms with Gasteiger partial charge < -0.3 is 15.3 Å². The second-order valence-electron chi connectivity index (χ2n) is 4.59. The third-order valence-electron chi connectivity index (χ3n) is 2.77. The number of rotatable bonds is 5. The van der Waals surface area contributed by atoms with E-state index < -0.39 is 18.0 Å². The number of nitrogens with one attached hydrogen (secondary N) is 1. The molecule has 0 radical (unpaired) electrons. The Labute approximate surface area is 118 Å². The molecule has 1 rings (SSSR count). The molecule has 0 saturated heterocycles.